The largest absolute Gasteiger partial charge is 0.383 e. The average molecular weight is 400 g/mol. The van der Waals surface area contributed by atoms with Gasteiger partial charge in [0.15, 0.2) is 0 Å². The summed E-state index contributed by atoms with van der Waals surface area (Å²) >= 11 is 0. The van der Waals surface area contributed by atoms with Gasteiger partial charge in [0.2, 0.25) is 5.91 Å². The Kier molecular flexibility index (Phi) is 6.93. The first-order valence-corrected chi connectivity index (χ1v) is 9.92. The van der Waals surface area contributed by atoms with Gasteiger partial charge in [0.05, 0.1) is 11.4 Å². The van der Waals surface area contributed by atoms with Gasteiger partial charge in [0.1, 0.15) is 17.6 Å². The fraction of sp³-hybridized carbons (Fsp3) is 0.364. The van der Waals surface area contributed by atoms with Crippen LogP contribution in [0.15, 0.2) is 41.4 Å². The normalized spacial score (nSPS) is 15.8. The molecule has 0 saturated heterocycles. The van der Waals surface area contributed by atoms with E-state index >= 15 is 0 Å². The first-order valence-electron chi connectivity index (χ1n) is 9.92. The highest BCUT2D eigenvalue weighted by molar-refractivity contribution is 6.12. The number of hydrogen-bond donors (Lipinski definition) is 2. The number of anilines is 2. The van der Waals surface area contributed by atoms with E-state index in [9.17, 15) is 13.6 Å². The van der Waals surface area contributed by atoms with Crippen molar-refractivity contribution in [3.8, 4) is 0 Å². The molecule has 1 aliphatic rings. The summed E-state index contributed by atoms with van der Waals surface area (Å²) in [4.78, 5) is 18.7. The van der Waals surface area contributed by atoms with Gasteiger partial charge in [-0.2, -0.15) is 0 Å². The van der Waals surface area contributed by atoms with E-state index in [0.29, 0.717) is 29.2 Å². The summed E-state index contributed by atoms with van der Waals surface area (Å²) in [6.07, 6.45) is 2.39. The molecule has 0 saturated carbocycles. The summed E-state index contributed by atoms with van der Waals surface area (Å²) in [7, 11) is 0. The first-order chi connectivity index (χ1) is 14.0. The van der Waals surface area contributed by atoms with E-state index in [1.807, 2.05) is 0 Å². The summed E-state index contributed by atoms with van der Waals surface area (Å²) in [6, 6.07) is 8.83. The molecule has 2 aromatic rings. The quantitative estimate of drug-likeness (QED) is 0.480. The van der Waals surface area contributed by atoms with Gasteiger partial charge in [-0.1, -0.05) is 19.9 Å². The molecular formula is C22H26F2N4O. The molecule has 1 unspecified atom stereocenters. The van der Waals surface area contributed by atoms with Gasteiger partial charge in [-0.3, -0.25) is 9.79 Å². The second-order valence-electron chi connectivity index (χ2n) is 6.95. The molecule has 1 amide bonds. The number of nitrogens with one attached hydrogen (secondary N) is 2. The number of nitrogens with zero attached hydrogens (tertiary/aromatic N) is 2. The zero-order chi connectivity index (χ0) is 20.8. The lowest BCUT2D eigenvalue weighted by atomic mass is 10.0. The molecule has 154 valence electrons. The molecule has 2 aromatic carbocycles. The van der Waals surface area contributed by atoms with Crippen molar-refractivity contribution in [2.75, 3.05) is 36.8 Å². The molecule has 0 radical (unpaired) electrons. The Bertz CT molecular complexity index is 896. The van der Waals surface area contributed by atoms with E-state index in [1.54, 1.807) is 18.2 Å². The fourth-order valence-electron chi connectivity index (χ4n) is 3.36. The number of amides is 1. The minimum Gasteiger partial charge on any atom is -0.383 e. The van der Waals surface area contributed by atoms with Crippen molar-refractivity contribution in [3.05, 3.63) is 53.6 Å². The first kappa shape index (κ1) is 20.9. The molecule has 0 spiro atoms. The van der Waals surface area contributed by atoms with Crippen molar-refractivity contribution in [3.63, 3.8) is 0 Å². The van der Waals surface area contributed by atoms with Crippen LogP contribution >= 0.6 is 0 Å². The topological polar surface area (TPSA) is 56.7 Å². The van der Waals surface area contributed by atoms with E-state index in [-0.39, 0.29) is 11.7 Å². The molecule has 7 heteroatoms. The van der Waals surface area contributed by atoms with Crippen molar-refractivity contribution < 1.29 is 13.6 Å². The SMILES string of the molecule is CCN(CC)CCCNc1ccc(N=CC2C(=O)Nc3cc(F)ccc32)cc1F. The van der Waals surface area contributed by atoms with E-state index in [4.69, 9.17) is 0 Å². The van der Waals surface area contributed by atoms with Gasteiger partial charge >= 0.3 is 0 Å². The van der Waals surface area contributed by atoms with Crippen molar-refractivity contribution in [2.45, 2.75) is 26.2 Å². The fourth-order valence-corrected chi connectivity index (χ4v) is 3.36. The van der Waals surface area contributed by atoms with Crippen LogP contribution < -0.4 is 10.6 Å². The van der Waals surface area contributed by atoms with Gasteiger partial charge in [-0.25, -0.2) is 8.78 Å². The molecule has 29 heavy (non-hydrogen) atoms. The number of aliphatic imine (C=N–C) groups is 1. The van der Waals surface area contributed by atoms with E-state index in [2.05, 4.69) is 34.4 Å². The lowest BCUT2D eigenvalue weighted by Crippen LogP contribution is -2.25. The molecule has 5 nitrogen and oxygen atoms in total. The predicted molar refractivity (Wildman–Crippen MR) is 113 cm³/mol. The zero-order valence-corrected chi connectivity index (χ0v) is 16.7. The summed E-state index contributed by atoms with van der Waals surface area (Å²) < 4.78 is 27.7. The van der Waals surface area contributed by atoms with Gasteiger partial charge in [0.25, 0.3) is 0 Å². The number of carbonyl (C=O) groups is 1. The smallest absolute Gasteiger partial charge is 0.237 e. The molecule has 1 atom stereocenters. The second kappa shape index (κ2) is 9.60. The lowest BCUT2D eigenvalue weighted by Gasteiger charge is -2.18. The maximum atomic E-state index is 14.4. The Morgan fingerprint density at radius 3 is 2.69 bits per heavy atom. The highest BCUT2D eigenvalue weighted by Crippen LogP contribution is 2.32. The van der Waals surface area contributed by atoms with Crippen LogP contribution in [0, 0.1) is 11.6 Å². The summed E-state index contributed by atoms with van der Waals surface area (Å²) in [5.41, 5.74) is 1.96. The monoisotopic (exact) mass is 400 g/mol. The molecule has 0 aromatic heterocycles. The van der Waals surface area contributed by atoms with E-state index < -0.39 is 11.7 Å². The van der Waals surface area contributed by atoms with Crippen molar-refractivity contribution in [1.82, 2.24) is 4.90 Å². The molecule has 0 fully saturated rings. The minimum absolute atomic E-state index is 0.277. The Balaban J connectivity index is 1.60. The maximum Gasteiger partial charge on any atom is 0.237 e. The Morgan fingerprint density at radius 1 is 1.17 bits per heavy atom. The number of rotatable bonds is 9. The van der Waals surface area contributed by atoms with Crippen molar-refractivity contribution in [2.24, 2.45) is 4.99 Å². The Morgan fingerprint density at radius 2 is 1.97 bits per heavy atom. The number of benzene rings is 2. The van der Waals surface area contributed by atoms with E-state index in [0.717, 1.165) is 26.1 Å². The van der Waals surface area contributed by atoms with Gasteiger partial charge in [-0.05, 0) is 55.9 Å². The van der Waals surface area contributed by atoms with Gasteiger partial charge in [-0.15, -0.1) is 0 Å². The molecule has 2 N–H and O–H groups in total. The summed E-state index contributed by atoms with van der Waals surface area (Å²) in [5.74, 6) is -1.70. The molecule has 0 aliphatic carbocycles. The third-order valence-corrected chi connectivity index (χ3v) is 5.08. The highest BCUT2D eigenvalue weighted by Gasteiger charge is 2.29. The summed E-state index contributed by atoms with van der Waals surface area (Å²) in [6.45, 7) is 7.93. The average Bonchev–Trinajstić information content (AvgIpc) is 3.01. The van der Waals surface area contributed by atoms with Crippen molar-refractivity contribution >= 4 is 29.2 Å². The van der Waals surface area contributed by atoms with Crippen LogP contribution in [0.25, 0.3) is 0 Å². The van der Waals surface area contributed by atoms with Gasteiger partial charge in [0, 0.05) is 24.5 Å². The standard InChI is InChI=1S/C22H26F2N4O/c1-3-28(4-2)11-5-10-25-20-9-7-16(13-19(20)24)26-14-18-17-8-6-15(23)12-21(17)27-22(18)29/h6-9,12-14,18,25H,3-5,10-11H2,1-2H3,(H,27,29). The van der Waals surface area contributed by atoms with Gasteiger partial charge < -0.3 is 15.5 Å². The van der Waals surface area contributed by atoms with Crippen LogP contribution in [0.5, 0.6) is 0 Å². The summed E-state index contributed by atoms with van der Waals surface area (Å²) in [5, 5.41) is 5.75. The Labute approximate surface area is 169 Å². The Hall–Kier alpha value is -2.80. The van der Waals surface area contributed by atoms with Crippen molar-refractivity contribution in [1.29, 1.82) is 0 Å². The molecule has 1 heterocycles. The van der Waals surface area contributed by atoms with Crippen LogP contribution in [-0.4, -0.2) is 43.2 Å². The van der Waals surface area contributed by atoms with Crippen LogP contribution in [0.3, 0.4) is 0 Å². The lowest BCUT2D eigenvalue weighted by molar-refractivity contribution is -0.115. The number of hydrogen-bond acceptors (Lipinski definition) is 4. The number of carbonyl (C=O) groups excluding carboxylic acids is 1. The number of fused-ring (bicyclic) bond motifs is 1. The zero-order valence-electron chi connectivity index (χ0n) is 16.7. The molecule has 0 bridgehead atoms. The molecular weight excluding hydrogens is 374 g/mol. The third kappa shape index (κ3) is 5.17. The van der Waals surface area contributed by atoms with Crippen LogP contribution in [-0.2, 0) is 4.79 Å². The van der Waals surface area contributed by atoms with Crippen LogP contribution in [0.4, 0.5) is 25.8 Å². The number of halogens is 2. The minimum atomic E-state index is -0.619. The maximum absolute atomic E-state index is 14.4. The second-order valence-corrected chi connectivity index (χ2v) is 6.95. The predicted octanol–water partition coefficient (Wildman–Crippen LogP) is 4.55. The third-order valence-electron chi connectivity index (χ3n) is 5.08. The van der Waals surface area contributed by atoms with E-state index in [1.165, 1.54) is 24.4 Å². The van der Waals surface area contributed by atoms with Crippen LogP contribution in [0.1, 0.15) is 31.7 Å². The molecule has 3 rings (SSSR count). The highest BCUT2D eigenvalue weighted by atomic mass is 19.1. The van der Waals surface area contributed by atoms with Crippen LogP contribution in [0.2, 0.25) is 0 Å². The molecule has 1 aliphatic heterocycles.